The van der Waals surface area contributed by atoms with Crippen LogP contribution < -0.4 is 10.1 Å². The van der Waals surface area contributed by atoms with E-state index < -0.39 is 0 Å². The Morgan fingerprint density at radius 1 is 1.56 bits per heavy atom. The highest BCUT2D eigenvalue weighted by Crippen LogP contribution is 2.28. The van der Waals surface area contributed by atoms with Gasteiger partial charge in [-0.3, -0.25) is 0 Å². The van der Waals surface area contributed by atoms with Crippen molar-refractivity contribution < 1.29 is 9.84 Å². The van der Waals surface area contributed by atoms with Crippen molar-refractivity contribution >= 4 is 0 Å². The lowest BCUT2D eigenvalue weighted by atomic mass is 10.1. The minimum absolute atomic E-state index is 0.128. The zero-order chi connectivity index (χ0) is 12.0. The zero-order valence-electron chi connectivity index (χ0n) is 9.53. The molecule has 0 saturated heterocycles. The zero-order valence-corrected chi connectivity index (χ0v) is 9.53. The molecule has 4 heteroatoms. The second-order valence-electron chi connectivity index (χ2n) is 3.52. The minimum atomic E-state index is 0.128. The third kappa shape index (κ3) is 3.14. The molecule has 0 aromatic heterocycles. The fourth-order valence-corrected chi connectivity index (χ4v) is 1.43. The lowest BCUT2D eigenvalue weighted by Gasteiger charge is -2.14. The van der Waals surface area contributed by atoms with Gasteiger partial charge in [0.25, 0.3) is 0 Å². The van der Waals surface area contributed by atoms with Gasteiger partial charge in [0.15, 0.2) is 11.5 Å². The van der Waals surface area contributed by atoms with Gasteiger partial charge in [-0.1, -0.05) is 6.07 Å². The topological polar surface area (TPSA) is 65.3 Å². The highest BCUT2D eigenvalue weighted by atomic mass is 16.5. The number of methoxy groups -OCH3 is 1. The summed E-state index contributed by atoms with van der Waals surface area (Å²) in [5.41, 5.74) is 1.02. The second-order valence-corrected chi connectivity index (χ2v) is 3.52. The number of nitrogens with zero attached hydrogens (tertiary/aromatic N) is 1. The van der Waals surface area contributed by atoms with Gasteiger partial charge in [-0.25, -0.2) is 0 Å². The molecule has 0 aliphatic heterocycles. The molecule has 0 heterocycles. The summed E-state index contributed by atoms with van der Waals surface area (Å²) in [5.74, 6) is 0.599. The van der Waals surface area contributed by atoms with Crippen molar-refractivity contribution in [3.8, 4) is 17.6 Å². The fraction of sp³-hybridized carbons (Fsp3) is 0.417. The Kier molecular flexibility index (Phi) is 4.62. The Hall–Kier alpha value is -1.73. The molecule has 0 saturated carbocycles. The summed E-state index contributed by atoms with van der Waals surface area (Å²) < 4.78 is 5.03. The molecule has 2 N–H and O–H groups in total. The van der Waals surface area contributed by atoms with Crippen LogP contribution in [0.3, 0.4) is 0 Å². The quantitative estimate of drug-likeness (QED) is 0.744. The van der Waals surface area contributed by atoms with Gasteiger partial charge in [-0.2, -0.15) is 5.26 Å². The minimum Gasteiger partial charge on any atom is -0.504 e. The lowest BCUT2D eigenvalue weighted by molar-refractivity contribution is 0.372. The second kappa shape index (κ2) is 5.99. The van der Waals surface area contributed by atoms with Crippen molar-refractivity contribution in [3.05, 3.63) is 23.8 Å². The van der Waals surface area contributed by atoms with E-state index in [-0.39, 0.29) is 11.8 Å². The van der Waals surface area contributed by atoms with Crippen molar-refractivity contribution in [3.63, 3.8) is 0 Å². The first-order valence-electron chi connectivity index (χ1n) is 5.16. The van der Waals surface area contributed by atoms with Crippen molar-refractivity contribution in [1.29, 1.82) is 5.26 Å². The van der Waals surface area contributed by atoms with Gasteiger partial charge >= 0.3 is 0 Å². The van der Waals surface area contributed by atoms with E-state index in [1.54, 1.807) is 12.1 Å². The summed E-state index contributed by atoms with van der Waals surface area (Å²) in [7, 11) is 1.52. The maximum Gasteiger partial charge on any atom is 0.160 e. The Morgan fingerprint density at radius 3 is 2.94 bits per heavy atom. The van der Waals surface area contributed by atoms with Crippen LogP contribution in [-0.2, 0) is 0 Å². The molecule has 1 aromatic carbocycles. The van der Waals surface area contributed by atoms with Gasteiger partial charge in [0, 0.05) is 19.0 Å². The van der Waals surface area contributed by atoms with Gasteiger partial charge in [0.1, 0.15) is 0 Å². The molecule has 0 fully saturated rings. The summed E-state index contributed by atoms with van der Waals surface area (Å²) in [4.78, 5) is 0. The van der Waals surface area contributed by atoms with E-state index in [1.165, 1.54) is 7.11 Å². The number of aromatic hydroxyl groups is 1. The number of nitriles is 1. The summed E-state index contributed by atoms with van der Waals surface area (Å²) in [6, 6.07) is 7.44. The van der Waals surface area contributed by atoms with Gasteiger partial charge in [-0.15, -0.1) is 0 Å². The molecule has 1 aromatic rings. The first-order valence-corrected chi connectivity index (χ1v) is 5.16. The highest BCUT2D eigenvalue weighted by molar-refractivity contribution is 5.42. The van der Waals surface area contributed by atoms with Crippen LogP contribution in [0, 0.1) is 11.3 Å². The maximum absolute atomic E-state index is 9.44. The Balaban J connectivity index is 2.69. The normalized spacial score (nSPS) is 11.8. The number of benzene rings is 1. The van der Waals surface area contributed by atoms with E-state index in [9.17, 15) is 5.11 Å². The van der Waals surface area contributed by atoms with Crippen LogP contribution in [0.5, 0.6) is 11.5 Å². The van der Waals surface area contributed by atoms with E-state index >= 15 is 0 Å². The van der Waals surface area contributed by atoms with Gasteiger partial charge in [0.2, 0.25) is 0 Å². The van der Waals surface area contributed by atoms with Crippen LogP contribution in [0.15, 0.2) is 18.2 Å². The van der Waals surface area contributed by atoms with Crippen LogP contribution in [0.2, 0.25) is 0 Å². The maximum atomic E-state index is 9.44. The molecule has 0 aliphatic carbocycles. The summed E-state index contributed by atoms with van der Waals surface area (Å²) in [5, 5.41) is 21.1. The van der Waals surface area contributed by atoms with Crippen LogP contribution >= 0.6 is 0 Å². The van der Waals surface area contributed by atoms with Gasteiger partial charge < -0.3 is 15.2 Å². The molecule has 1 unspecified atom stereocenters. The van der Waals surface area contributed by atoms with Crippen LogP contribution in [0.4, 0.5) is 0 Å². The molecule has 0 bridgehead atoms. The highest BCUT2D eigenvalue weighted by Gasteiger charge is 2.08. The SMILES string of the molecule is COc1cc(C(C)NCCC#N)ccc1O. The first kappa shape index (κ1) is 12.3. The number of hydrogen-bond acceptors (Lipinski definition) is 4. The van der Waals surface area contributed by atoms with Crippen molar-refractivity contribution in [2.24, 2.45) is 0 Å². The summed E-state index contributed by atoms with van der Waals surface area (Å²) in [6.07, 6.45) is 0.486. The predicted octanol–water partition coefficient (Wildman–Crippen LogP) is 1.97. The number of rotatable bonds is 5. The molecule has 4 nitrogen and oxygen atoms in total. The van der Waals surface area contributed by atoms with E-state index in [0.29, 0.717) is 18.7 Å². The van der Waals surface area contributed by atoms with Crippen molar-refractivity contribution in [2.75, 3.05) is 13.7 Å². The van der Waals surface area contributed by atoms with Gasteiger partial charge in [-0.05, 0) is 24.6 Å². The first-order chi connectivity index (χ1) is 7.69. The molecule has 0 aliphatic rings. The monoisotopic (exact) mass is 220 g/mol. The number of phenols is 1. The van der Waals surface area contributed by atoms with Crippen LogP contribution in [-0.4, -0.2) is 18.8 Å². The number of ether oxygens (including phenoxy) is 1. The average molecular weight is 220 g/mol. The molecular formula is C12H16N2O2. The van der Waals surface area contributed by atoms with E-state index in [1.807, 2.05) is 13.0 Å². The van der Waals surface area contributed by atoms with E-state index in [0.717, 1.165) is 5.56 Å². The number of hydrogen-bond donors (Lipinski definition) is 2. The largest absolute Gasteiger partial charge is 0.504 e. The third-order valence-electron chi connectivity index (χ3n) is 2.39. The van der Waals surface area contributed by atoms with Gasteiger partial charge in [0.05, 0.1) is 13.2 Å². The fourth-order valence-electron chi connectivity index (χ4n) is 1.43. The predicted molar refractivity (Wildman–Crippen MR) is 61.3 cm³/mol. The van der Waals surface area contributed by atoms with Crippen LogP contribution in [0.1, 0.15) is 24.9 Å². The van der Waals surface area contributed by atoms with Crippen molar-refractivity contribution in [2.45, 2.75) is 19.4 Å². The van der Waals surface area contributed by atoms with E-state index in [2.05, 4.69) is 11.4 Å². The molecule has 1 atom stereocenters. The summed E-state index contributed by atoms with van der Waals surface area (Å²) in [6.45, 7) is 2.66. The Labute approximate surface area is 95.5 Å². The molecular weight excluding hydrogens is 204 g/mol. The molecule has 86 valence electrons. The Bertz CT molecular complexity index is 385. The Morgan fingerprint density at radius 2 is 2.31 bits per heavy atom. The smallest absolute Gasteiger partial charge is 0.160 e. The summed E-state index contributed by atoms with van der Waals surface area (Å²) >= 11 is 0. The third-order valence-corrected chi connectivity index (χ3v) is 2.39. The van der Waals surface area contributed by atoms with Crippen LogP contribution in [0.25, 0.3) is 0 Å². The lowest BCUT2D eigenvalue weighted by Crippen LogP contribution is -2.19. The molecule has 16 heavy (non-hydrogen) atoms. The molecule has 0 amide bonds. The molecule has 0 spiro atoms. The number of nitrogens with one attached hydrogen (secondary N) is 1. The standard InChI is InChI=1S/C12H16N2O2/c1-9(14-7-3-6-13)10-4-5-11(15)12(8-10)16-2/h4-5,8-9,14-15H,3,7H2,1-2H3. The van der Waals surface area contributed by atoms with Crippen molar-refractivity contribution in [1.82, 2.24) is 5.32 Å². The van der Waals surface area contributed by atoms with E-state index in [4.69, 9.17) is 10.00 Å². The molecule has 0 radical (unpaired) electrons. The number of phenolic OH excluding ortho intramolecular Hbond substituents is 1. The molecule has 1 rings (SSSR count). The average Bonchev–Trinajstić information content (AvgIpc) is 2.30.